The van der Waals surface area contributed by atoms with Crippen molar-refractivity contribution in [1.82, 2.24) is 24.8 Å². The predicted molar refractivity (Wildman–Crippen MR) is 134 cm³/mol. The van der Waals surface area contributed by atoms with E-state index >= 15 is 0 Å². The summed E-state index contributed by atoms with van der Waals surface area (Å²) in [6.45, 7) is 0.905. The summed E-state index contributed by atoms with van der Waals surface area (Å²) in [4.78, 5) is 11.2. The largest absolute Gasteiger partial charge is 0.495 e. The number of hydrogen-bond donors (Lipinski definition) is 3. The quantitative estimate of drug-likeness (QED) is 0.489. The van der Waals surface area contributed by atoms with Crippen LogP contribution in [0.2, 0.25) is 0 Å². The highest BCUT2D eigenvalue weighted by Gasteiger charge is 2.37. The number of pyridine rings is 2. The van der Waals surface area contributed by atoms with Crippen LogP contribution in [0.25, 0.3) is 22.2 Å². The van der Waals surface area contributed by atoms with Crippen LogP contribution in [0, 0.1) is 0 Å². The molecule has 0 aromatic carbocycles. The third-order valence-electron chi connectivity index (χ3n) is 6.32. The van der Waals surface area contributed by atoms with Gasteiger partial charge >= 0.3 is 0 Å². The average Bonchev–Trinajstić information content (AvgIpc) is 3.16. The number of ether oxygens (including phenoxy) is 1. The molecule has 1 aliphatic rings. The smallest absolute Gasteiger partial charge is 0.140 e. The maximum Gasteiger partial charge on any atom is 0.140 e. The Kier molecular flexibility index (Phi) is 6.51. The molecular formula is C25H33N7O. The lowest BCUT2D eigenvalue weighted by atomic mass is 9.82. The number of rotatable bonds is 8. The molecule has 4 rings (SSSR count). The van der Waals surface area contributed by atoms with E-state index in [0.717, 1.165) is 52.4 Å². The Bertz CT molecular complexity index is 1200. The Balaban J connectivity index is 1.63. The van der Waals surface area contributed by atoms with E-state index in [-0.39, 0.29) is 11.6 Å². The van der Waals surface area contributed by atoms with Gasteiger partial charge < -0.3 is 30.6 Å². The van der Waals surface area contributed by atoms with Crippen LogP contribution in [0.15, 0.2) is 66.5 Å². The zero-order valence-corrected chi connectivity index (χ0v) is 20.0. The summed E-state index contributed by atoms with van der Waals surface area (Å²) < 4.78 is 7.79. The van der Waals surface area contributed by atoms with Crippen molar-refractivity contribution in [3.8, 4) is 11.1 Å². The van der Waals surface area contributed by atoms with Gasteiger partial charge in [0.2, 0.25) is 0 Å². The molecular weight excluding hydrogens is 414 g/mol. The minimum Gasteiger partial charge on any atom is -0.495 e. The van der Waals surface area contributed by atoms with Crippen LogP contribution in [0.1, 0.15) is 6.42 Å². The third-order valence-corrected chi connectivity index (χ3v) is 6.32. The number of methoxy groups -OCH3 is 1. The summed E-state index contributed by atoms with van der Waals surface area (Å²) in [7, 11) is 9.75. The number of nitrogens with two attached hydrogens (primary N) is 1. The van der Waals surface area contributed by atoms with Crippen molar-refractivity contribution in [3.05, 3.63) is 66.5 Å². The highest BCUT2D eigenvalue weighted by molar-refractivity contribution is 5.94. The summed E-state index contributed by atoms with van der Waals surface area (Å²) in [5, 5.41) is 7.94. The highest BCUT2D eigenvalue weighted by Crippen LogP contribution is 2.32. The standard InChI is InChI=1S/C25H33N7O/c1-27-25(9-12-31(2)3)15-21(33-5)20(14-22(25)26)30-23-13-17(8-11-28-23)19-16-32(4)24-18(19)7-6-10-29-24/h6-8,10-11,13-16,22,27H,9,12,26H2,1-5H3,(H,28,30). The monoisotopic (exact) mass is 447 g/mol. The number of hydrogen-bond acceptors (Lipinski definition) is 7. The van der Waals surface area contributed by atoms with Gasteiger partial charge in [0.25, 0.3) is 0 Å². The number of anilines is 1. The van der Waals surface area contributed by atoms with Crippen molar-refractivity contribution in [1.29, 1.82) is 0 Å². The van der Waals surface area contributed by atoms with Crippen molar-refractivity contribution in [3.63, 3.8) is 0 Å². The molecule has 8 nitrogen and oxygen atoms in total. The van der Waals surface area contributed by atoms with Crippen LogP contribution in [0.5, 0.6) is 0 Å². The molecule has 0 fully saturated rings. The van der Waals surface area contributed by atoms with E-state index in [4.69, 9.17) is 10.5 Å². The summed E-state index contributed by atoms with van der Waals surface area (Å²) in [5.41, 5.74) is 10.2. The molecule has 3 aromatic rings. The molecule has 0 bridgehead atoms. The van der Waals surface area contributed by atoms with E-state index in [0.29, 0.717) is 0 Å². The normalized spacial score (nSPS) is 20.6. The minimum atomic E-state index is -0.383. The molecule has 3 aromatic heterocycles. The van der Waals surface area contributed by atoms with Gasteiger partial charge in [-0.2, -0.15) is 0 Å². The maximum atomic E-state index is 6.63. The Morgan fingerprint density at radius 1 is 1.24 bits per heavy atom. The molecule has 0 saturated carbocycles. The topological polar surface area (TPSA) is 93.3 Å². The summed E-state index contributed by atoms with van der Waals surface area (Å²) >= 11 is 0. The zero-order valence-electron chi connectivity index (χ0n) is 20.0. The molecule has 0 spiro atoms. The highest BCUT2D eigenvalue weighted by atomic mass is 16.5. The summed E-state index contributed by atoms with van der Waals surface area (Å²) in [6.07, 6.45) is 10.7. The summed E-state index contributed by atoms with van der Waals surface area (Å²) in [5.74, 6) is 1.46. The second-order valence-corrected chi connectivity index (χ2v) is 8.75. The van der Waals surface area contributed by atoms with Crippen molar-refractivity contribution >= 4 is 16.9 Å². The van der Waals surface area contributed by atoms with E-state index in [1.807, 2.05) is 49.1 Å². The SMILES string of the molecule is CNC1(CCN(C)C)C=C(OC)C(Nc2cc(-c3cn(C)c4ncccc34)ccn2)=CC1N. The minimum absolute atomic E-state index is 0.226. The zero-order chi connectivity index (χ0) is 23.6. The maximum absolute atomic E-state index is 6.63. The molecule has 2 atom stereocenters. The molecule has 0 saturated heterocycles. The first-order chi connectivity index (χ1) is 15.9. The fourth-order valence-corrected chi connectivity index (χ4v) is 4.35. The lowest BCUT2D eigenvalue weighted by molar-refractivity contribution is 0.260. The Morgan fingerprint density at radius 2 is 2.06 bits per heavy atom. The number of nitrogens with one attached hydrogen (secondary N) is 2. The van der Waals surface area contributed by atoms with Crippen molar-refractivity contribution < 1.29 is 4.74 Å². The fourth-order valence-electron chi connectivity index (χ4n) is 4.35. The van der Waals surface area contributed by atoms with E-state index in [2.05, 4.69) is 57.9 Å². The van der Waals surface area contributed by atoms with Crippen LogP contribution in [0.4, 0.5) is 5.82 Å². The second kappa shape index (κ2) is 9.35. The number of aromatic nitrogens is 3. The van der Waals surface area contributed by atoms with E-state index in [1.165, 1.54) is 0 Å². The van der Waals surface area contributed by atoms with E-state index < -0.39 is 0 Å². The van der Waals surface area contributed by atoms with Crippen LogP contribution >= 0.6 is 0 Å². The molecule has 174 valence electrons. The summed E-state index contributed by atoms with van der Waals surface area (Å²) in [6, 6.07) is 7.86. The van der Waals surface area contributed by atoms with Gasteiger partial charge in [-0.15, -0.1) is 0 Å². The molecule has 0 amide bonds. The average molecular weight is 448 g/mol. The number of fused-ring (bicyclic) bond motifs is 1. The molecule has 0 radical (unpaired) electrons. The third kappa shape index (κ3) is 4.50. The van der Waals surface area contributed by atoms with Crippen LogP contribution in [-0.2, 0) is 11.8 Å². The molecule has 2 unspecified atom stereocenters. The van der Waals surface area contributed by atoms with Crippen LogP contribution in [0.3, 0.4) is 0 Å². The van der Waals surface area contributed by atoms with E-state index in [9.17, 15) is 0 Å². The van der Waals surface area contributed by atoms with Crippen LogP contribution < -0.4 is 16.4 Å². The molecule has 3 heterocycles. The van der Waals surface area contributed by atoms with Crippen molar-refractivity contribution in [2.45, 2.75) is 18.0 Å². The Morgan fingerprint density at radius 3 is 2.79 bits per heavy atom. The lowest BCUT2D eigenvalue weighted by Gasteiger charge is -2.39. The van der Waals surface area contributed by atoms with Crippen molar-refractivity contribution in [2.75, 3.05) is 40.1 Å². The van der Waals surface area contributed by atoms with E-state index in [1.54, 1.807) is 13.3 Å². The molecule has 4 N–H and O–H groups in total. The van der Waals surface area contributed by atoms with Crippen molar-refractivity contribution in [2.24, 2.45) is 12.8 Å². The number of aryl methyl sites for hydroxylation is 1. The number of likely N-dealkylation sites (N-methyl/N-ethyl adjacent to an activating group) is 1. The van der Waals surface area contributed by atoms with Gasteiger partial charge in [-0.3, -0.25) is 0 Å². The first-order valence-corrected chi connectivity index (χ1v) is 11.1. The molecule has 0 aliphatic heterocycles. The van der Waals surface area contributed by atoms with Gasteiger partial charge in [0.05, 0.1) is 18.3 Å². The van der Waals surface area contributed by atoms with Gasteiger partial charge in [-0.25, -0.2) is 9.97 Å². The van der Waals surface area contributed by atoms with Gasteiger partial charge in [0, 0.05) is 42.6 Å². The molecule has 33 heavy (non-hydrogen) atoms. The molecule has 8 heteroatoms. The van der Waals surface area contributed by atoms with Gasteiger partial charge in [0.1, 0.15) is 17.2 Å². The fraction of sp³-hybridized carbons (Fsp3) is 0.360. The van der Waals surface area contributed by atoms with Crippen LogP contribution in [-0.4, -0.2) is 65.8 Å². The molecule has 1 aliphatic carbocycles. The Hall–Kier alpha value is -3.20. The lowest BCUT2D eigenvalue weighted by Crippen LogP contribution is -2.57. The van der Waals surface area contributed by atoms with Gasteiger partial charge in [-0.1, -0.05) is 0 Å². The number of nitrogens with zero attached hydrogens (tertiary/aromatic N) is 4. The predicted octanol–water partition coefficient (Wildman–Crippen LogP) is 2.71. The first-order valence-electron chi connectivity index (χ1n) is 11.1. The van der Waals surface area contributed by atoms with Gasteiger partial charge in [-0.05, 0) is 76.1 Å². The Labute approximate surface area is 195 Å². The van der Waals surface area contributed by atoms with Gasteiger partial charge in [0.15, 0.2) is 0 Å². The first kappa shape index (κ1) is 23.0. The second-order valence-electron chi connectivity index (χ2n) is 8.75.